The summed E-state index contributed by atoms with van der Waals surface area (Å²) in [5.74, 6) is -0.912. The molecular weight excluding hydrogens is 605 g/mol. The van der Waals surface area contributed by atoms with Crippen LogP contribution in [0, 0.1) is 6.92 Å². The Kier molecular flexibility index (Phi) is 10.9. The number of nitrogens with zero attached hydrogens (tertiary/aromatic N) is 2. The van der Waals surface area contributed by atoms with Gasteiger partial charge in [-0.25, -0.2) is 8.42 Å². The number of likely N-dealkylation sites (N-methyl/N-ethyl adjacent to an activating group) is 1. The number of amides is 2. The van der Waals surface area contributed by atoms with Crippen LogP contribution in [0.15, 0.2) is 108 Å². The molecule has 0 saturated carbocycles. The highest BCUT2D eigenvalue weighted by atomic mass is 35.5. The van der Waals surface area contributed by atoms with Crippen LogP contribution in [-0.4, -0.2) is 44.3 Å². The van der Waals surface area contributed by atoms with E-state index in [1.165, 1.54) is 17.0 Å². The molecule has 1 N–H and O–H groups in total. The number of hydrogen-bond donors (Lipinski definition) is 1. The van der Waals surface area contributed by atoms with Gasteiger partial charge in [0, 0.05) is 19.5 Å². The van der Waals surface area contributed by atoms with Gasteiger partial charge in [-0.3, -0.25) is 13.9 Å². The van der Waals surface area contributed by atoms with Gasteiger partial charge in [-0.05, 0) is 61.4 Å². The van der Waals surface area contributed by atoms with E-state index in [-0.39, 0.29) is 23.8 Å². The quantitative estimate of drug-likeness (QED) is 0.198. The lowest BCUT2D eigenvalue weighted by Crippen LogP contribution is -2.53. The molecule has 2 amide bonds. The third-order valence-corrected chi connectivity index (χ3v) is 9.42. The van der Waals surface area contributed by atoms with Crippen LogP contribution in [0.5, 0.6) is 0 Å². The predicted molar refractivity (Wildman–Crippen MR) is 172 cm³/mol. The van der Waals surface area contributed by atoms with Crippen molar-refractivity contribution in [3.63, 3.8) is 0 Å². The van der Waals surface area contributed by atoms with Crippen LogP contribution in [0.1, 0.15) is 23.6 Å². The minimum absolute atomic E-state index is 0.00241. The van der Waals surface area contributed by atoms with Crippen molar-refractivity contribution in [2.45, 2.75) is 37.8 Å². The van der Waals surface area contributed by atoms with Gasteiger partial charge >= 0.3 is 0 Å². The van der Waals surface area contributed by atoms with Crippen LogP contribution in [-0.2, 0) is 32.6 Å². The number of benzene rings is 4. The van der Waals surface area contributed by atoms with E-state index >= 15 is 0 Å². The van der Waals surface area contributed by atoms with E-state index in [2.05, 4.69) is 5.32 Å². The van der Waals surface area contributed by atoms with Crippen molar-refractivity contribution >= 4 is 50.7 Å². The number of carbonyl (C=O) groups is 2. The lowest BCUT2D eigenvalue weighted by Gasteiger charge is -2.34. The number of anilines is 1. The number of halogens is 2. The van der Waals surface area contributed by atoms with E-state index < -0.39 is 28.5 Å². The topological polar surface area (TPSA) is 86.8 Å². The van der Waals surface area contributed by atoms with Crippen molar-refractivity contribution in [3.8, 4) is 0 Å². The summed E-state index contributed by atoms with van der Waals surface area (Å²) in [4.78, 5) is 29.3. The molecule has 224 valence electrons. The van der Waals surface area contributed by atoms with Gasteiger partial charge in [-0.15, -0.1) is 0 Å². The fraction of sp³-hybridized carbons (Fsp3) is 0.212. The molecule has 0 radical (unpaired) electrons. The van der Waals surface area contributed by atoms with Gasteiger partial charge in [0.1, 0.15) is 12.6 Å². The van der Waals surface area contributed by atoms with Gasteiger partial charge in [0.25, 0.3) is 10.0 Å². The summed E-state index contributed by atoms with van der Waals surface area (Å²) in [6.45, 7) is 3.48. The fourth-order valence-electron chi connectivity index (χ4n) is 4.64. The fourth-order valence-corrected chi connectivity index (χ4v) is 6.38. The van der Waals surface area contributed by atoms with E-state index in [9.17, 15) is 18.0 Å². The Hall–Kier alpha value is -3.85. The molecule has 43 heavy (non-hydrogen) atoms. The number of hydrogen-bond acceptors (Lipinski definition) is 4. The second-order valence-corrected chi connectivity index (χ2v) is 12.7. The van der Waals surface area contributed by atoms with Crippen molar-refractivity contribution in [3.05, 3.63) is 130 Å². The smallest absolute Gasteiger partial charge is 0.264 e. The molecule has 0 saturated heterocycles. The summed E-state index contributed by atoms with van der Waals surface area (Å²) >= 11 is 12.4. The molecule has 4 rings (SSSR count). The molecule has 0 fully saturated rings. The van der Waals surface area contributed by atoms with Crippen LogP contribution < -0.4 is 9.62 Å². The van der Waals surface area contributed by atoms with Crippen LogP contribution in [0.25, 0.3) is 0 Å². The average Bonchev–Trinajstić information content (AvgIpc) is 3.00. The minimum atomic E-state index is -4.15. The maximum atomic E-state index is 14.3. The lowest BCUT2D eigenvalue weighted by molar-refractivity contribution is -0.140. The van der Waals surface area contributed by atoms with Gasteiger partial charge in [0.2, 0.25) is 11.8 Å². The maximum Gasteiger partial charge on any atom is 0.264 e. The monoisotopic (exact) mass is 637 g/mol. The van der Waals surface area contributed by atoms with Crippen LogP contribution >= 0.6 is 23.2 Å². The molecule has 0 spiro atoms. The first-order valence-electron chi connectivity index (χ1n) is 13.8. The van der Waals surface area contributed by atoms with E-state index in [1.54, 1.807) is 67.6 Å². The number of aryl methyl sites for hydroxylation is 1. The van der Waals surface area contributed by atoms with Crippen molar-refractivity contribution < 1.29 is 18.0 Å². The number of rotatable bonds is 12. The van der Waals surface area contributed by atoms with Crippen LogP contribution in [0.4, 0.5) is 5.69 Å². The molecule has 0 aliphatic heterocycles. The summed E-state index contributed by atoms with van der Waals surface area (Å²) < 4.78 is 29.0. The molecule has 1 atom stereocenters. The third-order valence-electron chi connectivity index (χ3n) is 6.89. The summed E-state index contributed by atoms with van der Waals surface area (Å²) in [7, 11) is -4.15. The van der Waals surface area contributed by atoms with Crippen LogP contribution in [0.3, 0.4) is 0 Å². The number of sulfonamides is 1. The summed E-state index contributed by atoms with van der Waals surface area (Å²) in [5.41, 5.74) is 2.71. The average molecular weight is 639 g/mol. The third kappa shape index (κ3) is 8.16. The predicted octanol–water partition coefficient (Wildman–Crippen LogP) is 6.27. The summed E-state index contributed by atoms with van der Waals surface area (Å²) in [5, 5.41) is 3.50. The zero-order valence-electron chi connectivity index (χ0n) is 23.9. The van der Waals surface area contributed by atoms with Crippen molar-refractivity contribution in [1.29, 1.82) is 0 Å². The minimum Gasteiger partial charge on any atom is -0.355 e. The van der Waals surface area contributed by atoms with E-state index in [0.29, 0.717) is 27.8 Å². The Morgan fingerprint density at radius 3 is 2.05 bits per heavy atom. The maximum absolute atomic E-state index is 14.3. The molecule has 4 aromatic carbocycles. The summed E-state index contributed by atoms with van der Waals surface area (Å²) in [6.07, 6.45) is 0.218. The highest BCUT2D eigenvalue weighted by Gasteiger charge is 2.34. The highest BCUT2D eigenvalue weighted by Crippen LogP contribution is 2.27. The standard InChI is InChI=1S/C33H33Cl2N3O4S/c1-3-36-33(40)31(21-25-10-6-4-7-11-25)37(22-26-16-19-29(34)30(35)20-26)32(39)23-38(27-12-8-5-9-13-27)43(41,42)28-17-14-24(2)15-18-28/h4-20,31H,3,21-23H2,1-2H3,(H,36,40). The molecule has 0 aliphatic carbocycles. The van der Waals surface area contributed by atoms with E-state index in [0.717, 1.165) is 15.4 Å². The van der Waals surface area contributed by atoms with Gasteiger partial charge in [-0.1, -0.05) is 95.5 Å². The van der Waals surface area contributed by atoms with Gasteiger partial charge < -0.3 is 10.2 Å². The normalized spacial score (nSPS) is 11.9. The first-order chi connectivity index (χ1) is 20.6. The van der Waals surface area contributed by atoms with Gasteiger partial charge in [0.15, 0.2) is 0 Å². The molecule has 7 nitrogen and oxygen atoms in total. The van der Waals surface area contributed by atoms with Gasteiger partial charge in [0.05, 0.1) is 20.6 Å². The summed E-state index contributed by atoms with van der Waals surface area (Å²) in [6, 6.07) is 28.3. The zero-order chi connectivity index (χ0) is 31.0. The number of para-hydroxylation sites is 1. The van der Waals surface area contributed by atoms with Gasteiger partial charge in [-0.2, -0.15) is 0 Å². The van der Waals surface area contributed by atoms with E-state index in [1.807, 2.05) is 37.3 Å². The SMILES string of the molecule is CCNC(=O)C(Cc1ccccc1)N(Cc1ccc(Cl)c(Cl)c1)C(=O)CN(c1ccccc1)S(=O)(=O)c1ccc(C)cc1. The molecule has 0 aromatic heterocycles. The van der Waals surface area contributed by atoms with Crippen molar-refractivity contribution in [1.82, 2.24) is 10.2 Å². The molecule has 10 heteroatoms. The molecule has 4 aromatic rings. The lowest BCUT2D eigenvalue weighted by atomic mass is 10.0. The van der Waals surface area contributed by atoms with E-state index in [4.69, 9.17) is 23.2 Å². The number of carbonyl (C=O) groups excluding carboxylic acids is 2. The zero-order valence-corrected chi connectivity index (χ0v) is 26.2. The second kappa shape index (κ2) is 14.6. The second-order valence-electron chi connectivity index (χ2n) is 10.0. The molecule has 0 bridgehead atoms. The Balaban J connectivity index is 1.79. The molecule has 0 aliphatic rings. The Labute approximate surface area is 263 Å². The largest absolute Gasteiger partial charge is 0.355 e. The molecule has 1 unspecified atom stereocenters. The Bertz CT molecular complexity index is 1650. The first kappa shape index (κ1) is 32.1. The Morgan fingerprint density at radius 2 is 1.44 bits per heavy atom. The first-order valence-corrected chi connectivity index (χ1v) is 16.0. The highest BCUT2D eigenvalue weighted by molar-refractivity contribution is 7.92. The molecular formula is C33H33Cl2N3O4S. The van der Waals surface area contributed by atoms with Crippen molar-refractivity contribution in [2.24, 2.45) is 0 Å². The number of nitrogens with one attached hydrogen (secondary N) is 1. The van der Waals surface area contributed by atoms with Crippen molar-refractivity contribution in [2.75, 3.05) is 17.4 Å². The van der Waals surface area contributed by atoms with Crippen LogP contribution in [0.2, 0.25) is 10.0 Å². The molecule has 0 heterocycles. The Morgan fingerprint density at radius 1 is 0.814 bits per heavy atom.